The van der Waals surface area contributed by atoms with Gasteiger partial charge in [0, 0.05) is 12.3 Å². The minimum Gasteiger partial charge on any atom is -0.314 e. The molecule has 0 amide bonds. The maximum absolute atomic E-state index is 11.7. The van der Waals surface area contributed by atoms with E-state index in [1.807, 2.05) is 0 Å². The summed E-state index contributed by atoms with van der Waals surface area (Å²) in [7, 11) is -2.83. The molecule has 4 unspecified atom stereocenters. The first kappa shape index (κ1) is 14.3. The summed E-state index contributed by atoms with van der Waals surface area (Å²) < 4.78 is 23.3. The van der Waals surface area contributed by atoms with Crippen molar-refractivity contribution in [3.63, 3.8) is 0 Å². The Bertz CT molecular complexity index is 358. The standard InChI is InChI=1S/C14H27NO2S/c1-11-6-7-13(15-10-11)8-12-4-3-5-14(9-12)18(2,16)17/h11-15H,3-10H2,1-2H3. The maximum atomic E-state index is 11.7. The molecule has 0 bridgehead atoms. The Morgan fingerprint density at radius 2 is 1.94 bits per heavy atom. The fraction of sp³-hybridized carbons (Fsp3) is 1.00. The summed E-state index contributed by atoms with van der Waals surface area (Å²) in [6.45, 7) is 3.43. The summed E-state index contributed by atoms with van der Waals surface area (Å²) in [5.41, 5.74) is 0. The predicted molar refractivity (Wildman–Crippen MR) is 75.4 cm³/mol. The minimum atomic E-state index is -2.83. The normalized spacial score (nSPS) is 38.6. The zero-order valence-electron chi connectivity index (χ0n) is 11.7. The van der Waals surface area contributed by atoms with Gasteiger partial charge in [-0.3, -0.25) is 0 Å². The van der Waals surface area contributed by atoms with Crippen molar-refractivity contribution in [3.05, 3.63) is 0 Å². The molecular formula is C14H27NO2S. The molecule has 0 radical (unpaired) electrons. The van der Waals surface area contributed by atoms with Gasteiger partial charge in [-0.25, -0.2) is 8.42 Å². The van der Waals surface area contributed by atoms with Crippen molar-refractivity contribution in [2.75, 3.05) is 12.8 Å². The molecule has 1 saturated carbocycles. The summed E-state index contributed by atoms with van der Waals surface area (Å²) in [5, 5.41) is 3.55. The van der Waals surface area contributed by atoms with Crippen molar-refractivity contribution in [3.8, 4) is 0 Å². The van der Waals surface area contributed by atoms with Crippen molar-refractivity contribution in [1.29, 1.82) is 0 Å². The van der Waals surface area contributed by atoms with Gasteiger partial charge in [-0.05, 0) is 50.5 Å². The molecule has 1 N–H and O–H groups in total. The number of piperidine rings is 1. The number of rotatable bonds is 3. The zero-order valence-corrected chi connectivity index (χ0v) is 12.5. The highest BCUT2D eigenvalue weighted by Crippen LogP contribution is 2.32. The van der Waals surface area contributed by atoms with E-state index in [0.29, 0.717) is 12.0 Å². The van der Waals surface area contributed by atoms with E-state index in [2.05, 4.69) is 12.2 Å². The number of hydrogen-bond acceptors (Lipinski definition) is 3. The van der Waals surface area contributed by atoms with E-state index >= 15 is 0 Å². The van der Waals surface area contributed by atoms with Crippen LogP contribution in [-0.4, -0.2) is 32.5 Å². The van der Waals surface area contributed by atoms with E-state index in [4.69, 9.17) is 0 Å². The summed E-state index contributed by atoms with van der Waals surface area (Å²) in [6.07, 6.45) is 9.25. The van der Waals surface area contributed by atoms with Gasteiger partial charge in [0.25, 0.3) is 0 Å². The van der Waals surface area contributed by atoms with Gasteiger partial charge < -0.3 is 5.32 Å². The van der Waals surface area contributed by atoms with Crippen LogP contribution in [0.3, 0.4) is 0 Å². The van der Waals surface area contributed by atoms with Crippen molar-refractivity contribution in [1.82, 2.24) is 5.32 Å². The van der Waals surface area contributed by atoms with Crippen molar-refractivity contribution in [2.45, 2.75) is 63.2 Å². The van der Waals surface area contributed by atoms with Crippen LogP contribution in [-0.2, 0) is 9.84 Å². The van der Waals surface area contributed by atoms with Crippen LogP contribution < -0.4 is 5.32 Å². The molecule has 18 heavy (non-hydrogen) atoms. The summed E-state index contributed by atoms with van der Waals surface area (Å²) in [5.74, 6) is 1.42. The van der Waals surface area contributed by atoms with Gasteiger partial charge in [-0.1, -0.05) is 19.8 Å². The van der Waals surface area contributed by atoms with Crippen LogP contribution >= 0.6 is 0 Å². The third-order valence-electron chi connectivity index (χ3n) is 4.72. The third-order valence-corrected chi connectivity index (χ3v) is 6.36. The Hall–Kier alpha value is -0.0900. The fourth-order valence-electron chi connectivity index (χ4n) is 3.51. The molecule has 0 aromatic rings. The molecule has 1 aliphatic heterocycles. The van der Waals surface area contributed by atoms with Crippen molar-refractivity contribution < 1.29 is 8.42 Å². The Kier molecular flexibility index (Phi) is 4.70. The van der Waals surface area contributed by atoms with Crippen molar-refractivity contribution >= 4 is 9.84 Å². The lowest BCUT2D eigenvalue weighted by molar-refractivity contribution is 0.250. The van der Waals surface area contributed by atoms with E-state index in [-0.39, 0.29) is 5.25 Å². The van der Waals surface area contributed by atoms with E-state index in [1.165, 1.54) is 31.9 Å². The Morgan fingerprint density at radius 3 is 2.56 bits per heavy atom. The average Bonchev–Trinajstić information content (AvgIpc) is 2.31. The molecule has 1 saturated heterocycles. The van der Waals surface area contributed by atoms with E-state index in [0.717, 1.165) is 31.7 Å². The van der Waals surface area contributed by atoms with Gasteiger partial charge in [0.2, 0.25) is 0 Å². The van der Waals surface area contributed by atoms with Crippen LogP contribution in [0.15, 0.2) is 0 Å². The van der Waals surface area contributed by atoms with E-state index < -0.39 is 9.84 Å². The SMILES string of the molecule is CC1CCC(CC2CCCC(S(C)(=O)=O)C2)NC1. The molecule has 4 heteroatoms. The van der Waals surface area contributed by atoms with Crippen LogP contribution in [0.4, 0.5) is 0 Å². The fourth-order valence-corrected chi connectivity index (χ4v) is 4.72. The average molecular weight is 273 g/mol. The van der Waals surface area contributed by atoms with Crippen LogP contribution in [0.1, 0.15) is 51.9 Å². The van der Waals surface area contributed by atoms with Crippen LogP contribution in [0.5, 0.6) is 0 Å². The lowest BCUT2D eigenvalue weighted by atomic mass is 9.82. The van der Waals surface area contributed by atoms with Gasteiger partial charge >= 0.3 is 0 Å². The first-order chi connectivity index (χ1) is 8.45. The highest BCUT2D eigenvalue weighted by atomic mass is 32.2. The molecule has 2 fully saturated rings. The van der Waals surface area contributed by atoms with Crippen molar-refractivity contribution in [2.24, 2.45) is 11.8 Å². The second-order valence-electron chi connectivity index (χ2n) is 6.51. The molecule has 1 heterocycles. The highest BCUT2D eigenvalue weighted by Gasteiger charge is 2.30. The van der Waals surface area contributed by atoms with Gasteiger partial charge in [0.1, 0.15) is 9.84 Å². The molecule has 1 aliphatic carbocycles. The van der Waals surface area contributed by atoms with Gasteiger partial charge in [-0.2, -0.15) is 0 Å². The number of sulfone groups is 1. The number of hydrogen-bond donors (Lipinski definition) is 1. The molecule has 106 valence electrons. The number of nitrogens with one attached hydrogen (secondary N) is 1. The minimum absolute atomic E-state index is 0.0706. The molecule has 0 spiro atoms. The molecule has 2 rings (SSSR count). The first-order valence-corrected chi connectivity index (χ1v) is 9.33. The van der Waals surface area contributed by atoms with Crippen LogP contribution in [0.25, 0.3) is 0 Å². The smallest absolute Gasteiger partial charge is 0.150 e. The molecule has 0 aromatic heterocycles. The summed E-state index contributed by atoms with van der Waals surface area (Å²) in [6, 6.07) is 0.629. The topological polar surface area (TPSA) is 46.2 Å². The molecule has 4 atom stereocenters. The maximum Gasteiger partial charge on any atom is 0.150 e. The van der Waals surface area contributed by atoms with Crippen LogP contribution in [0.2, 0.25) is 0 Å². The molecule has 2 aliphatic rings. The first-order valence-electron chi connectivity index (χ1n) is 7.37. The van der Waals surface area contributed by atoms with E-state index in [9.17, 15) is 8.42 Å². The second-order valence-corrected chi connectivity index (χ2v) is 8.83. The second kappa shape index (κ2) is 5.91. The van der Waals surface area contributed by atoms with Gasteiger partial charge in [0.05, 0.1) is 5.25 Å². The Balaban J connectivity index is 1.83. The lowest BCUT2D eigenvalue weighted by Gasteiger charge is -2.34. The molecule has 3 nitrogen and oxygen atoms in total. The Labute approximate surface area is 112 Å². The summed E-state index contributed by atoms with van der Waals surface area (Å²) in [4.78, 5) is 0. The van der Waals surface area contributed by atoms with Crippen LogP contribution in [0, 0.1) is 11.8 Å². The monoisotopic (exact) mass is 273 g/mol. The molecular weight excluding hydrogens is 246 g/mol. The third kappa shape index (κ3) is 3.95. The van der Waals surface area contributed by atoms with Gasteiger partial charge in [-0.15, -0.1) is 0 Å². The largest absolute Gasteiger partial charge is 0.314 e. The lowest BCUT2D eigenvalue weighted by Crippen LogP contribution is -2.40. The van der Waals surface area contributed by atoms with Gasteiger partial charge in [0.15, 0.2) is 0 Å². The predicted octanol–water partition coefficient (Wildman–Crippen LogP) is 2.37. The zero-order chi connectivity index (χ0) is 13.2. The Morgan fingerprint density at radius 1 is 1.17 bits per heavy atom. The summed E-state index contributed by atoms with van der Waals surface area (Å²) >= 11 is 0. The highest BCUT2D eigenvalue weighted by molar-refractivity contribution is 7.91. The quantitative estimate of drug-likeness (QED) is 0.858. The van der Waals surface area contributed by atoms with E-state index in [1.54, 1.807) is 0 Å². The molecule has 0 aromatic carbocycles.